The van der Waals surface area contributed by atoms with E-state index < -0.39 is 0 Å². The van der Waals surface area contributed by atoms with E-state index in [1.54, 1.807) is 4.90 Å². The van der Waals surface area contributed by atoms with Crippen LogP contribution in [0.3, 0.4) is 0 Å². The molecule has 2 aliphatic rings. The number of amides is 2. The first-order valence-electron chi connectivity index (χ1n) is 8.26. The van der Waals surface area contributed by atoms with E-state index in [1.807, 2.05) is 24.3 Å². The van der Waals surface area contributed by atoms with E-state index in [2.05, 4.69) is 5.32 Å². The number of anilines is 2. The molecule has 6 nitrogen and oxygen atoms in total. The van der Waals surface area contributed by atoms with Gasteiger partial charge in [-0.25, -0.2) is 4.79 Å². The Morgan fingerprint density at radius 1 is 1.17 bits per heavy atom. The Labute approximate surface area is 136 Å². The van der Waals surface area contributed by atoms with Crippen LogP contribution in [0.5, 0.6) is 0 Å². The van der Waals surface area contributed by atoms with Gasteiger partial charge in [0, 0.05) is 24.0 Å². The molecule has 0 spiro atoms. The number of carbonyl (C=O) groups is 2. The Morgan fingerprint density at radius 3 is 2.61 bits per heavy atom. The molecule has 1 saturated carbocycles. The van der Waals surface area contributed by atoms with Gasteiger partial charge in [0.25, 0.3) is 0 Å². The molecule has 2 atom stereocenters. The number of nitrogens with two attached hydrogens (primary N) is 1. The maximum atomic E-state index is 12.3. The SMILES string of the molecule is NC1CCCCC1C(=O)Nc1ccc(N2CCCOC2=O)cc1. The molecule has 1 aromatic carbocycles. The fourth-order valence-corrected chi connectivity index (χ4v) is 3.23. The van der Waals surface area contributed by atoms with Crippen LogP contribution in [0.4, 0.5) is 16.2 Å². The van der Waals surface area contributed by atoms with Crippen LogP contribution in [0.15, 0.2) is 24.3 Å². The van der Waals surface area contributed by atoms with Crippen LogP contribution in [0.2, 0.25) is 0 Å². The minimum Gasteiger partial charge on any atom is -0.449 e. The van der Waals surface area contributed by atoms with Crippen LogP contribution in [0.25, 0.3) is 0 Å². The highest BCUT2D eigenvalue weighted by Gasteiger charge is 2.28. The Kier molecular flexibility index (Phi) is 4.81. The molecule has 1 aliphatic heterocycles. The molecule has 1 aliphatic carbocycles. The van der Waals surface area contributed by atoms with Gasteiger partial charge in [-0.2, -0.15) is 0 Å². The van der Waals surface area contributed by atoms with Crippen LogP contribution >= 0.6 is 0 Å². The second-order valence-electron chi connectivity index (χ2n) is 6.21. The normalized spacial score (nSPS) is 24.9. The number of hydrogen-bond acceptors (Lipinski definition) is 4. The van der Waals surface area contributed by atoms with Crippen LogP contribution in [-0.2, 0) is 9.53 Å². The summed E-state index contributed by atoms with van der Waals surface area (Å²) in [5, 5.41) is 2.93. The second kappa shape index (κ2) is 7.00. The number of benzene rings is 1. The third-order valence-corrected chi connectivity index (χ3v) is 4.57. The first-order chi connectivity index (χ1) is 11.1. The van der Waals surface area contributed by atoms with Crippen LogP contribution in [0, 0.1) is 5.92 Å². The Balaban J connectivity index is 1.63. The molecule has 124 valence electrons. The van der Waals surface area contributed by atoms with Crippen molar-refractivity contribution in [2.24, 2.45) is 11.7 Å². The summed E-state index contributed by atoms with van der Waals surface area (Å²) in [6.07, 6.45) is 4.43. The number of ether oxygens (including phenoxy) is 1. The summed E-state index contributed by atoms with van der Waals surface area (Å²) >= 11 is 0. The van der Waals surface area contributed by atoms with Gasteiger partial charge >= 0.3 is 6.09 Å². The third-order valence-electron chi connectivity index (χ3n) is 4.57. The van der Waals surface area contributed by atoms with Gasteiger partial charge in [-0.05, 0) is 43.5 Å². The topological polar surface area (TPSA) is 84.7 Å². The molecule has 1 saturated heterocycles. The molecule has 1 aromatic rings. The summed E-state index contributed by atoms with van der Waals surface area (Å²) < 4.78 is 5.03. The van der Waals surface area contributed by atoms with E-state index in [0.29, 0.717) is 13.2 Å². The predicted octanol–water partition coefficient (Wildman–Crippen LogP) is 2.49. The fraction of sp³-hybridized carbons (Fsp3) is 0.529. The summed E-state index contributed by atoms with van der Waals surface area (Å²) in [4.78, 5) is 25.7. The molecule has 1 heterocycles. The van der Waals surface area contributed by atoms with Crippen molar-refractivity contribution in [3.63, 3.8) is 0 Å². The van der Waals surface area contributed by atoms with Crippen LogP contribution in [0.1, 0.15) is 32.1 Å². The second-order valence-corrected chi connectivity index (χ2v) is 6.21. The average molecular weight is 317 g/mol. The van der Waals surface area contributed by atoms with E-state index in [1.165, 1.54) is 0 Å². The van der Waals surface area contributed by atoms with Gasteiger partial charge in [0.05, 0.1) is 12.5 Å². The molecule has 3 N–H and O–H groups in total. The van der Waals surface area contributed by atoms with Crippen molar-refractivity contribution in [1.82, 2.24) is 0 Å². The highest BCUT2D eigenvalue weighted by Crippen LogP contribution is 2.25. The molecule has 2 unspecified atom stereocenters. The standard InChI is InChI=1S/C17H23N3O3/c18-15-5-2-1-4-14(15)16(21)19-12-6-8-13(9-7-12)20-10-3-11-23-17(20)22/h6-9,14-15H,1-5,10-11,18H2,(H,19,21). The molecule has 0 bridgehead atoms. The Bertz CT molecular complexity index is 573. The summed E-state index contributed by atoms with van der Waals surface area (Å²) in [6, 6.07) is 7.21. The van der Waals surface area contributed by atoms with E-state index >= 15 is 0 Å². The number of cyclic esters (lactones) is 1. The summed E-state index contributed by atoms with van der Waals surface area (Å²) in [6.45, 7) is 1.13. The van der Waals surface area contributed by atoms with Crippen molar-refractivity contribution in [2.75, 3.05) is 23.4 Å². The third kappa shape index (κ3) is 3.64. The Hall–Kier alpha value is -2.08. The van der Waals surface area contributed by atoms with Crippen molar-refractivity contribution in [1.29, 1.82) is 0 Å². The molecule has 3 rings (SSSR count). The maximum Gasteiger partial charge on any atom is 0.414 e. The lowest BCUT2D eigenvalue weighted by atomic mass is 9.84. The molecular weight excluding hydrogens is 294 g/mol. The number of nitrogens with one attached hydrogen (secondary N) is 1. The van der Waals surface area contributed by atoms with Gasteiger partial charge in [-0.15, -0.1) is 0 Å². The lowest BCUT2D eigenvalue weighted by molar-refractivity contribution is -0.121. The average Bonchev–Trinajstić information content (AvgIpc) is 2.56. The van der Waals surface area contributed by atoms with Gasteiger partial charge in [0.2, 0.25) is 5.91 Å². The monoisotopic (exact) mass is 317 g/mol. The van der Waals surface area contributed by atoms with Gasteiger partial charge in [0.15, 0.2) is 0 Å². The molecule has 2 fully saturated rings. The first-order valence-corrected chi connectivity index (χ1v) is 8.26. The largest absolute Gasteiger partial charge is 0.449 e. The predicted molar refractivity (Wildman–Crippen MR) is 88.3 cm³/mol. The van der Waals surface area contributed by atoms with E-state index in [-0.39, 0.29) is 24.0 Å². The Morgan fingerprint density at radius 2 is 1.91 bits per heavy atom. The summed E-state index contributed by atoms with van der Waals surface area (Å²) in [5.41, 5.74) is 7.56. The van der Waals surface area contributed by atoms with Crippen molar-refractivity contribution in [3.8, 4) is 0 Å². The summed E-state index contributed by atoms with van der Waals surface area (Å²) in [5.74, 6) is -0.122. The zero-order valence-corrected chi connectivity index (χ0v) is 13.2. The molecule has 0 aromatic heterocycles. The van der Waals surface area contributed by atoms with E-state index in [9.17, 15) is 9.59 Å². The van der Waals surface area contributed by atoms with Crippen LogP contribution in [-0.4, -0.2) is 31.2 Å². The number of rotatable bonds is 3. The first kappa shape index (κ1) is 15.8. The molecule has 2 amide bonds. The zero-order valence-electron chi connectivity index (χ0n) is 13.2. The van der Waals surface area contributed by atoms with Gasteiger partial charge in [-0.1, -0.05) is 12.8 Å². The zero-order chi connectivity index (χ0) is 16.2. The van der Waals surface area contributed by atoms with Crippen molar-refractivity contribution in [2.45, 2.75) is 38.1 Å². The quantitative estimate of drug-likeness (QED) is 0.897. The lowest BCUT2D eigenvalue weighted by Gasteiger charge is -2.28. The number of nitrogens with zero attached hydrogens (tertiary/aromatic N) is 1. The smallest absolute Gasteiger partial charge is 0.414 e. The number of hydrogen-bond donors (Lipinski definition) is 2. The highest BCUT2D eigenvalue weighted by molar-refractivity contribution is 5.94. The minimum absolute atomic E-state index is 0.0117. The van der Waals surface area contributed by atoms with Gasteiger partial charge in [0.1, 0.15) is 0 Å². The summed E-state index contributed by atoms with van der Waals surface area (Å²) in [7, 11) is 0. The fourth-order valence-electron chi connectivity index (χ4n) is 3.23. The van der Waals surface area contributed by atoms with Gasteiger partial charge < -0.3 is 15.8 Å². The number of carbonyl (C=O) groups excluding carboxylic acids is 2. The lowest BCUT2D eigenvalue weighted by Crippen LogP contribution is -2.40. The molecule has 23 heavy (non-hydrogen) atoms. The minimum atomic E-state index is -0.318. The molecule has 6 heteroatoms. The van der Waals surface area contributed by atoms with Crippen LogP contribution < -0.4 is 16.0 Å². The molecule has 0 radical (unpaired) electrons. The van der Waals surface area contributed by atoms with E-state index in [4.69, 9.17) is 10.5 Å². The van der Waals surface area contributed by atoms with E-state index in [0.717, 1.165) is 43.5 Å². The van der Waals surface area contributed by atoms with Crippen molar-refractivity contribution < 1.29 is 14.3 Å². The highest BCUT2D eigenvalue weighted by atomic mass is 16.6. The van der Waals surface area contributed by atoms with Crippen molar-refractivity contribution in [3.05, 3.63) is 24.3 Å². The maximum absolute atomic E-state index is 12.3. The van der Waals surface area contributed by atoms with Gasteiger partial charge in [-0.3, -0.25) is 9.69 Å². The van der Waals surface area contributed by atoms with Crippen molar-refractivity contribution >= 4 is 23.4 Å². The molecular formula is C17H23N3O3.